The zero-order valence-corrected chi connectivity index (χ0v) is 26.9. The maximum Gasteiger partial charge on any atom is 0.485 e. The standard InChI is InChI=1S/C22H20F26O10/c1-8(14(31,32)55-18(39,40)10(23,24)3-49)2-53-22(47,48)54-7-9(15(33,34)56-19(41,42)11(25,26)4-50,16(35,36)57-20(43,44)12(27,28)5-51)17(37,38)58-21(45,46)13(29,30)6-52/h8,49-52H,2-7H2,1H3. The van der Waals surface area contributed by atoms with Crippen LogP contribution in [0.3, 0.4) is 0 Å². The third-order valence-corrected chi connectivity index (χ3v) is 6.55. The number of alkyl halides is 26. The largest absolute Gasteiger partial charge is 0.485 e. The number of aliphatic hydroxyl groups is 4. The highest BCUT2D eigenvalue weighted by molar-refractivity contribution is 5.04. The van der Waals surface area contributed by atoms with E-state index in [9.17, 15) is 87.8 Å². The lowest BCUT2D eigenvalue weighted by molar-refractivity contribution is -0.581. The molecular formula is C22H20F26O10. The third kappa shape index (κ3) is 11.2. The Hall–Kier alpha value is -2.22. The fourth-order valence-electron chi connectivity index (χ4n) is 3.00. The first kappa shape index (κ1) is 55.8. The summed E-state index contributed by atoms with van der Waals surface area (Å²) in [5.41, 5.74) is -8.45. The van der Waals surface area contributed by atoms with Crippen LogP contribution in [-0.2, 0) is 28.4 Å². The molecule has 0 aliphatic heterocycles. The Morgan fingerprint density at radius 3 is 0.845 bits per heavy atom. The van der Waals surface area contributed by atoms with E-state index < -0.39 is 137 Å². The third-order valence-electron chi connectivity index (χ3n) is 6.55. The minimum atomic E-state index is -8.62. The Morgan fingerprint density at radius 2 is 0.603 bits per heavy atom. The molecule has 10 nitrogen and oxygen atoms in total. The summed E-state index contributed by atoms with van der Waals surface area (Å²) < 4.78 is 379. The van der Waals surface area contributed by atoms with E-state index in [2.05, 4.69) is 14.2 Å². The number of halogens is 26. The van der Waals surface area contributed by atoms with Gasteiger partial charge in [0.25, 0.3) is 5.41 Å². The normalized spacial score (nSPS) is 16.6. The van der Waals surface area contributed by atoms with Gasteiger partial charge >= 0.3 is 78.9 Å². The lowest BCUT2D eigenvalue weighted by Gasteiger charge is -2.48. The van der Waals surface area contributed by atoms with Crippen LogP contribution < -0.4 is 0 Å². The Kier molecular flexibility index (Phi) is 16.3. The number of hydrogen-bond donors (Lipinski definition) is 4. The van der Waals surface area contributed by atoms with Gasteiger partial charge in [-0.25, -0.2) is 14.2 Å². The fraction of sp³-hybridized carbons (Fsp3) is 1.00. The second-order valence-corrected chi connectivity index (χ2v) is 10.9. The molecule has 0 fully saturated rings. The van der Waals surface area contributed by atoms with Crippen molar-refractivity contribution in [3.05, 3.63) is 0 Å². The molecule has 0 radical (unpaired) electrons. The summed E-state index contributed by atoms with van der Waals surface area (Å²) in [5.74, 6) is -30.1. The van der Waals surface area contributed by atoms with Crippen molar-refractivity contribution in [2.45, 2.75) is 85.8 Å². The van der Waals surface area contributed by atoms with Crippen LogP contribution in [0.2, 0.25) is 0 Å². The minimum Gasteiger partial charge on any atom is -0.390 e. The van der Waals surface area contributed by atoms with Gasteiger partial charge in [0.2, 0.25) is 0 Å². The molecule has 0 saturated carbocycles. The molecule has 0 saturated heterocycles. The van der Waals surface area contributed by atoms with Crippen LogP contribution >= 0.6 is 0 Å². The van der Waals surface area contributed by atoms with E-state index in [1.54, 1.807) is 14.2 Å². The van der Waals surface area contributed by atoms with Crippen molar-refractivity contribution in [1.29, 1.82) is 0 Å². The summed E-state index contributed by atoms with van der Waals surface area (Å²) in [4.78, 5) is 0. The molecule has 36 heteroatoms. The fourth-order valence-corrected chi connectivity index (χ4v) is 3.00. The topological polar surface area (TPSA) is 136 Å². The molecular weight excluding hydrogens is 918 g/mol. The molecule has 0 heterocycles. The van der Waals surface area contributed by atoms with E-state index in [1.165, 1.54) is 0 Å². The van der Waals surface area contributed by atoms with Gasteiger partial charge in [0.1, 0.15) is 26.4 Å². The van der Waals surface area contributed by atoms with Crippen LogP contribution in [-0.4, -0.2) is 139 Å². The Balaban J connectivity index is 7.92. The number of hydrogen-bond acceptors (Lipinski definition) is 10. The zero-order valence-electron chi connectivity index (χ0n) is 26.9. The second kappa shape index (κ2) is 16.9. The van der Waals surface area contributed by atoms with E-state index in [0.717, 1.165) is 0 Å². The summed E-state index contributed by atoms with van der Waals surface area (Å²) in [5, 5.41) is 33.0. The molecule has 0 aliphatic rings. The number of ether oxygens (including phenoxy) is 6. The van der Waals surface area contributed by atoms with Crippen molar-refractivity contribution in [2.24, 2.45) is 11.3 Å². The lowest BCUT2D eigenvalue weighted by Crippen LogP contribution is -2.73. The first-order valence-electron chi connectivity index (χ1n) is 13.6. The highest BCUT2D eigenvalue weighted by Crippen LogP contribution is 2.64. The Labute approximate surface area is 301 Å². The van der Waals surface area contributed by atoms with E-state index in [-0.39, 0.29) is 0 Å². The number of aliphatic hydroxyl groups excluding tert-OH is 4. The van der Waals surface area contributed by atoms with Crippen molar-refractivity contribution in [3.63, 3.8) is 0 Å². The lowest BCUT2D eigenvalue weighted by atomic mass is 9.83. The zero-order chi connectivity index (χ0) is 47.1. The van der Waals surface area contributed by atoms with Crippen LogP contribution in [0.4, 0.5) is 114 Å². The predicted molar refractivity (Wildman–Crippen MR) is 120 cm³/mol. The minimum absolute atomic E-state index is 0.393. The molecule has 0 spiro atoms. The van der Waals surface area contributed by atoms with Gasteiger partial charge in [-0.1, -0.05) is 6.92 Å². The molecule has 58 heavy (non-hydrogen) atoms. The van der Waals surface area contributed by atoms with Gasteiger partial charge in [-0.05, 0) is 0 Å². The van der Waals surface area contributed by atoms with Crippen LogP contribution in [0.15, 0.2) is 0 Å². The summed E-state index contributed by atoms with van der Waals surface area (Å²) in [6.45, 7) is -22.3. The van der Waals surface area contributed by atoms with E-state index >= 15 is 26.3 Å². The highest BCUT2D eigenvalue weighted by Gasteiger charge is 2.89. The molecule has 0 aromatic heterocycles. The van der Waals surface area contributed by atoms with Gasteiger partial charge in [-0.3, -0.25) is 14.2 Å². The smallest absolute Gasteiger partial charge is 0.390 e. The average Bonchev–Trinajstić information content (AvgIpc) is 3.00. The monoisotopic (exact) mass is 938 g/mol. The molecule has 1 unspecified atom stereocenters. The van der Waals surface area contributed by atoms with Gasteiger partial charge in [0.15, 0.2) is 0 Å². The maximum atomic E-state index is 15.3. The first-order chi connectivity index (χ1) is 25.2. The van der Waals surface area contributed by atoms with E-state index in [0.29, 0.717) is 0 Å². The van der Waals surface area contributed by atoms with Crippen LogP contribution in [0, 0.1) is 11.3 Å². The molecule has 350 valence electrons. The van der Waals surface area contributed by atoms with E-state index in [1.807, 2.05) is 0 Å². The quantitative estimate of drug-likeness (QED) is 0.0562. The molecule has 0 aromatic rings. The van der Waals surface area contributed by atoms with Gasteiger partial charge in [0, 0.05) is 0 Å². The van der Waals surface area contributed by atoms with Crippen LogP contribution in [0.5, 0.6) is 0 Å². The van der Waals surface area contributed by atoms with Crippen molar-refractivity contribution in [3.8, 4) is 0 Å². The molecule has 0 aliphatic carbocycles. The van der Waals surface area contributed by atoms with Crippen molar-refractivity contribution < 1.29 is 163 Å². The first-order valence-corrected chi connectivity index (χ1v) is 13.6. The molecule has 1 atom stereocenters. The van der Waals surface area contributed by atoms with E-state index in [4.69, 9.17) is 20.4 Å². The second-order valence-electron chi connectivity index (χ2n) is 10.9. The molecule has 0 bridgehead atoms. The van der Waals surface area contributed by atoms with Gasteiger partial charge in [-0.15, -0.1) is 8.78 Å². The van der Waals surface area contributed by atoms with Crippen molar-refractivity contribution >= 4 is 0 Å². The molecule has 0 aromatic carbocycles. The Bertz CT molecular complexity index is 1240. The maximum absolute atomic E-state index is 15.3. The predicted octanol–water partition coefficient (Wildman–Crippen LogP) is 6.51. The molecule has 4 N–H and O–H groups in total. The van der Waals surface area contributed by atoms with Gasteiger partial charge in [0.05, 0.1) is 19.1 Å². The van der Waals surface area contributed by atoms with Crippen molar-refractivity contribution in [1.82, 2.24) is 0 Å². The average molecular weight is 938 g/mol. The Morgan fingerprint density at radius 1 is 0.362 bits per heavy atom. The van der Waals surface area contributed by atoms with Crippen LogP contribution in [0.1, 0.15) is 6.92 Å². The van der Waals surface area contributed by atoms with Crippen LogP contribution in [0.25, 0.3) is 0 Å². The SMILES string of the molecule is CC(COC(F)(F)OCC(C(F)(F)OC(F)(F)C(F)(F)CO)(C(F)(F)OC(F)(F)C(F)(F)CO)C(F)(F)OC(F)(F)C(F)(F)CO)C(F)(F)OC(F)(F)C(F)(F)CO. The summed E-state index contributed by atoms with van der Waals surface area (Å²) in [7, 11) is 0. The van der Waals surface area contributed by atoms with Crippen molar-refractivity contribution in [2.75, 3.05) is 39.6 Å². The summed E-state index contributed by atoms with van der Waals surface area (Å²) >= 11 is 0. The summed E-state index contributed by atoms with van der Waals surface area (Å²) in [6, 6.07) is 0. The van der Waals surface area contributed by atoms with Gasteiger partial charge < -0.3 is 20.4 Å². The van der Waals surface area contributed by atoms with Gasteiger partial charge in [-0.2, -0.15) is 105 Å². The number of rotatable bonds is 26. The highest BCUT2D eigenvalue weighted by atomic mass is 19.4. The summed E-state index contributed by atoms with van der Waals surface area (Å²) in [6.07, 6.45) is -68.2. The molecule has 0 amide bonds. The molecule has 0 rings (SSSR count).